The molecule has 0 bridgehead atoms. The summed E-state index contributed by atoms with van der Waals surface area (Å²) in [6.07, 6.45) is 6.18. The molecule has 2 aliphatic rings. The number of carbonyl (C=O) groups excluding carboxylic acids is 1. The van der Waals surface area contributed by atoms with E-state index < -0.39 is 0 Å². The van der Waals surface area contributed by atoms with Gasteiger partial charge in [-0.2, -0.15) is 0 Å². The molecule has 2 saturated heterocycles. The van der Waals surface area contributed by atoms with Gasteiger partial charge < -0.3 is 15.0 Å². The quantitative estimate of drug-likeness (QED) is 0.920. The number of rotatable bonds is 4. The zero-order valence-electron chi connectivity index (χ0n) is 13.0. The van der Waals surface area contributed by atoms with Crippen LogP contribution >= 0.6 is 0 Å². The third kappa shape index (κ3) is 4.27. The van der Waals surface area contributed by atoms with Crippen molar-refractivity contribution in [3.05, 3.63) is 30.1 Å². The molecule has 5 nitrogen and oxygen atoms in total. The van der Waals surface area contributed by atoms with Crippen molar-refractivity contribution in [2.75, 3.05) is 32.8 Å². The van der Waals surface area contributed by atoms with Crippen LogP contribution in [0.5, 0.6) is 0 Å². The second kappa shape index (κ2) is 7.70. The van der Waals surface area contributed by atoms with Gasteiger partial charge in [-0.1, -0.05) is 6.07 Å². The molecule has 0 spiro atoms. The lowest BCUT2D eigenvalue weighted by atomic mass is 9.99. The topological polar surface area (TPSA) is 54.5 Å². The fourth-order valence-corrected chi connectivity index (χ4v) is 3.33. The molecular weight excluding hydrogens is 278 g/mol. The first kappa shape index (κ1) is 15.4. The first-order valence-corrected chi connectivity index (χ1v) is 8.33. The summed E-state index contributed by atoms with van der Waals surface area (Å²) >= 11 is 0. The van der Waals surface area contributed by atoms with Crippen LogP contribution in [0.1, 0.15) is 36.2 Å². The van der Waals surface area contributed by atoms with E-state index in [0.29, 0.717) is 11.6 Å². The molecule has 120 valence electrons. The molecule has 3 heterocycles. The maximum absolute atomic E-state index is 12.1. The smallest absolute Gasteiger partial charge is 0.270 e. The number of hydrogen-bond donors (Lipinski definition) is 1. The standard InChI is InChI=1S/C17H25N3O2/c21-17(16-5-1-2-8-18-16)19-15-6-9-20(10-7-15)12-14-4-3-11-22-13-14/h1-2,5,8,14-15H,3-4,6-7,9-13H2,(H,19,21). The highest BCUT2D eigenvalue weighted by molar-refractivity contribution is 5.92. The first-order chi connectivity index (χ1) is 10.8. The summed E-state index contributed by atoms with van der Waals surface area (Å²) in [5.74, 6) is 0.633. The summed E-state index contributed by atoms with van der Waals surface area (Å²) < 4.78 is 5.56. The number of aromatic nitrogens is 1. The number of hydrogen-bond acceptors (Lipinski definition) is 4. The fourth-order valence-electron chi connectivity index (χ4n) is 3.33. The van der Waals surface area contributed by atoms with E-state index in [1.807, 2.05) is 12.1 Å². The van der Waals surface area contributed by atoms with Crippen LogP contribution in [0.15, 0.2) is 24.4 Å². The predicted octanol–water partition coefficient (Wildman–Crippen LogP) is 1.70. The van der Waals surface area contributed by atoms with Gasteiger partial charge in [0.15, 0.2) is 0 Å². The second-order valence-corrected chi connectivity index (χ2v) is 6.35. The van der Waals surface area contributed by atoms with Crippen LogP contribution < -0.4 is 5.32 Å². The van der Waals surface area contributed by atoms with Gasteiger partial charge in [-0.15, -0.1) is 0 Å². The number of carbonyl (C=O) groups is 1. The molecular formula is C17H25N3O2. The molecule has 1 unspecified atom stereocenters. The zero-order chi connectivity index (χ0) is 15.2. The molecule has 2 fully saturated rings. The van der Waals surface area contributed by atoms with Crippen LogP contribution in [-0.4, -0.2) is 54.7 Å². The molecule has 0 aliphatic carbocycles. The van der Waals surface area contributed by atoms with E-state index in [1.54, 1.807) is 12.3 Å². The third-order valence-electron chi connectivity index (χ3n) is 4.59. The van der Waals surface area contributed by atoms with E-state index in [2.05, 4.69) is 15.2 Å². The number of nitrogens with one attached hydrogen (secondary N) is 1. The first-order valence-electron chi connectivity index (χ1n) is 8.33. The number of nitrogens with zero attached hydrogens (tertiary/aromatic N) is 2. The van der Waals surface area contributed by atoms with Crippen LogP contribution in [-0.2, 0) is 4.74 Å². The largest absolute Gasteiger partial charge is 0.381 e. The summed E-state index contributed by atoms with van der Waals surface area (Å²) in [5.41, 5.74) is 0.504. The Kier molecular flexibility index (Phi) is 5.40. The van der Waals surface area contributed by atoms with Gasteiger partial charge in [0.25, 0.3) is 5.91 Å². The van der Waals surface area contributed by atoms with Gasteiger partial charge in [-0.3, -0.25) is 9.78 Å². The van der Waals surface area contributed by atoms with Crippen molar-refractivity contribution >= 4 is 5.91 Å². The summed E-state index contributed by atoms with van der Waals surface area (Å²) in [6.45, 7) is 5.10. The highest BCUT2D eigenvalue weighted by atomic mass is 16.5. The Morgan fingerprint density at radius 3 is 2.86 bits per heavy atom. The summed E-state index contributed by atoms with van der Waals surface area (Å²) in [5, 5.41) is 3.11. The highest BCUT2D eigenvalue weighted by Crippen LogP contribution is 2.18. The average molecular weight is 303 g/mol. The van der Waals surface area contributed by atoms with Crippen LogP contribution in [0.2, 0.25) is 0 Å². The molecule has 1 N–H and O–H groups in total. The van der Waals surface area contributed by atoms with Crippen molar-refractivity contribution in [1.82, 2.24) is 15.2 Å². The minimum absolute atomic E-state index is 0.0558. The Labute approximate surface area is 132 Å². The molecule has 0 aromatic carbocycles. The van der Waals surface area contributed by atoms with Gasteiger partial charge in [0.2, 0.25) is 0 Å². The van der Waals surface area contributed by atoms with Crippen LogP contribution in [0, 0.1) is 5.92 Å². The lowest BCUT2D eigenvalue weighted by Crippen LogP contribution is -2.46. The van der Waals surface area contributed by atoms with Crippen molar-refractivity contribution in [2.24, 2.45) is 5.92 Å². The van der Waals surface area contributed by atoms with E-state index in [-0.39, 0.29) is 11.9 Å². The van der Waals surface area contributed by atoms with Crippen molar-refractivity contribution in [1.29, 1.82) is 0 Å². The maximum Gasteiger partial charge on any atom is 0.270 e. The molecule has 5 heteroatoms. The number of likely N-dealkylation sites (tertiary alicyclic amines) is 1. The van der Waals surface area contributed by atoms with E-state index in [0.717, 1.165) is 45.7 Å². The summed E-state index contributed by atoms with van der Waals surface area (Å²) in [4.78, 5) is 18.7. The molecule has 2 aliphatic heterocycles. The lowest BCUT2D eigenvalue weighted by molar-refractivity contribution is 0.0339. The average Bonchev–Trinajstić information content (AvgIpc) is 2.58. The Morgan fingerprint density at radius 2 is 2.18 bits per heavy atom. The normalized spacial score (nSPS) is 24.1. The SMILES string of the molecule is O=C(NC1CCN(CC2CCCOC2)CC1)c1ccccn1. The second-order valence-electron chi connectivity index (χ2n) is 6.35. The molecule has 0 saturated carbocycles. The molecule has 0 radical (unpaired) electrons. The van der Waals surface area contributed by atoms with E-state index in [1.165, 1.54) is 12.8 Å². The monoisotopic (exact) mass is 303 g/mol. The van der Waals surface area contributed by atoms with Crippen molar-refractivity contribution in [3.8, 4) is 0 Å². The molecule has 3 rings (SSSR count). The Morgan fingerprint density at radius 1 is 1.32 bits per heavy atom. The van der Waals surface area contributed by atoms with Gasteiger partial charge in [0, 0.05) is 38.5 Å². The van der Waals surface area contributed by atoms with Crippen LogP contribution in [0.4, 0.5) is 0 Å². The number of piperidine rings is 1. The molecule has 1 aromatic heterocycles. The van der Waals surface area contributed by atoms with Crippen molar-refractivity contribution in [2.45, 2.75) is 31.7 Å². The summed E-state index contributed by atoms with van der Waals surface area (Å²) in [6, 6.07) is 5.70. The Bertz CT molecular complexity index is 466. The van der Waals surface area contributed by atoms with Crippen LogP contribution in [0.3, 0.4) is 0 Å². The zero-order valence-corrected chi connectivity index (χ0v) is 13.0. The molecule has 22 heavy (non-hydrogen) atoms. The Balaban J connectivity index is 1.41. The van der Waals surface area contributed by atoms with E-state index >= 15 is 0 Å². The highest BCUT2D eigenvalue weighted by Gasteiger charge is 2.24. The van der Waals surface area contributed by atoms with Gasteiger partial charge >= 0.3 is 0 Å². The summed E-state index contributed by atoms with van der Waals surface area (Å²) in [7, 11) is 0. The van der Waals surface area contributed by atoms with Gasteiger partial charge in [-0.25, -0.2) is 0 Å². The van der Waals surface area contributed by atoms with Gasteiger partial charge in [0.05, 0.1) is 6.61 Å². The number of amides is 1. The third-order valence-corrected chi connectivity index (χ3v) is 4.59. The minimum Gasteiger partial charge on any atom is -0.381 e. The maximum atomic E-state index is 12.1. The fraction of sp³-hybridized carbons (Fsp3) is 0.647. The Hall–Kier alpha value is -1.46. The van der Waals surface area contributed by atoms with E-state index in [9.17, 15) is 4.79 Å². The van der Waals surface area contributed by atoms with E-state index in [4.69, 9.17) is 4.74 Å². The van der Waals surface area contributed by atoms with Crippen molar-refractivity contribution in [3.63, 3.8) is 0 Å². The lowest BCUT2D eigenvalue weighted by Gasteiger charge is -2.35. The number of pyridine rings is 1. The van der Waals surface area contributed by atoms with Crippen LogP contribution in [0.25, 0.3) is 0 Å². The van der Waals surface area contributed by atoms with Gasteiger partial charge in [-0.05, 0) is 43.7 Å². The molecule has 1 amide bonds. The molecule has 1 atom stereocenters. The van der Waals surface area contributed by atoms with Crippen molar-refractivity contribution < 1.29 is 9.53 Å². The number of ether oxygens (including phenoxy) is 1. The molecule has 1 aromatic rings. The predicted molar refractivity (Wildman–Crippen MR) is 84.7 cm³/mol. The van der Waals surface area contributed by atoms with Gasteiger partial charge in [0.1, 0.15) is 5.69 Å². The minimum atomic E-state index is -0.0558.